The smallest absolute Gasteiger partial charge is 0.409 e. The maximum Gasteiger partial charge on any atom is 0.409 e. The maximum atomic E-state index is 13.0. The van der Waals surface area contributed by atoms with Crippen molar-refractivity contribution in [1.29, 1.82) is 0 Å². The Kier molecular flexibility index (Phi) is 20.9. The molecular weight excluding hydrogens is 1060 g/mol. The number of likely N-dealkylation sites (N-methyl/N-ethyl adjacent to an activating group) is 1. The molecule has 3 aromatic carbocycles. The molecule has 0 bridgehead atoms. The zero-order valence-electron chi connectivity index (χ0n) is 43.1. The lowest BCUT2D eigenvalue weighted by molar-refractivity contribution is -0.271. The van der Waals surface area contributed by atoms with Crippen LogP contribution in [0, 0.1) is 0 Å². The lowest BCUT2D eigenvalue weighted by Crippen LogP contribution is -2.61. The van der Waals surface area contributed by atoms with E-state index in [-0.39, 0.29) is 89.1 Å². The van der Waals surface area contributed by atoms with Crippen molar-refractivity contribution in [3.63, 3.8) is 0 Å². The number of carbonyl (C=O) groups excluding carboxylic acids is 8. The lowest BCUT2D eigenvalue weighted by atomic mass is 9.99. The summed E-state index contributed by atoms with van der Waals surface area (Å²) in [5.74, 6) is -4.39. The first kappa shape index (κ1) is 59.2. The van der Waals surface area contributed by atoms with E-state index in [1.54, 1.807) is 48.5 Å². The summed E-state index contributed by atoms with van der Waals surface area (Å²) in [6, 6.07) is 13.7. The molecule has 8 amide bonds. The molecule has 0 aliphatic carbocycles. The van der Waals surface area contributed by atoms with Gasteiger partial charge in [0.15, 0.2) is 6.10 Å². The zero-order valence-corrected chi connectivity index (χ0v) is 43.9. The molecule has 26 nitrogen and oxygen atoms in total. The summed E-state index contributed by atoms with van der Waals surface area (Å²) >= 11 is 6.55. The maximum absolute atomic E-state index is 13.0. The molecule has 4 aliphatic heterocycles. The van der Waals surface area contributed by atoms with Crippen LogP contribution in [0.4, 0.5) is 21.0 Å². The standard InChI is InChI=1S/C52H63ClN8O18/c1-59(20-22-75-21-16-31-8-9-33(25-35(31)53)57-51(73)56-26-29-6-10-34-32(23-29)27-60(48(34)70)37-11-13-39(62)58-47(37)69)52(74)76-28-30-7-12-38(77-50-45(68)43(66)44(67)46(78-50)49(71)72)36(24-30)55-19-4-18-54-17-3-2-5-42(65)79-61-40(63)14-15-41(61)64/h6-10,12,23-25,37,43-46,50,54-55,66-68H,2-5,11,13-22,26-28H2,1H3,(H,71,72)(H2,56,57,73)(H,58,62,69)/t37?,43-,44-,45+,46-,50+/m0/s1. The van der Waals surface area contributed by atoms with Gasteiger partial charge in [0.25, 0.3) is 17.7 Å². The van der Waals surface area contributed by atoms with E-state index in [4.69, 9.17) is 35.4 Å². The number of amides is 8. The van der Waals surface area contributed by atoms with Crippen LogP contribution in [-0.2, 0) is 73.9 Å². The number of unbranched alkanes of at least 4 members (excludes halogenated alkanes) is 1. The van der Waals surface area contributed by atoms with Crippen molar-refractivity contribution < 1.29 is 87.4 Å². The number of rotatable bonds is 26. The summed E-state index contributed by atoms with van der Waals surface area (Å²) in [7, 11) is 1.54. The molecule has 6 atom stereocenters. The van der Waals surface area contributed by atoms with Gasteiger partial charge >= 0.3 is 24.1 Å². The van der Waals surface area contributed by atoms with Crippen molar-refractivity contribution in [2.75, 3.05) is 57.1 Å². The van der Waals surface area contributed by atoms with E-state index < -0.39 is 78.5 Å². The number of hydrogen-bond donors (Lipinski definition) is 9. The Morgan fingerprint density at radius 1 is 0.861 bits per heavy atom. The fourth-order valence-electron chi connectivity index (χ4n) is 8.82. The number of hydroxylamine groups is 2. The number of carbonyl (C=O) groups is 9. The second-order valence-corrected chi connectivity index (χ2v) is 19.5. The van der Waals surface area contributed by atoms with Gasteiger partial charge in [0.05, 0.1) is 18.9 Å². The summed E-state index contributed by atoms with van der Waals surface area (Å²) in [5.41, 5.74) is 4.00. The van der Waals surface area contributed by atoms with Crippen LogP contribution in [-0.4, -0.2) is 172 Å². The number of nitrogens with zero attached hydrogens (tertiary/aromatic N) is 3. The van der Waals surface area contributed by atoms with E-state index >= 15 is 0 Å². The molecule has 0 aromatic heterocycles. The number of benzene rings is 3. The van der Waals surface area contributed by atoms with Crippen LogP contribution in [0.25, 0.3) is 0 Å². The average Bonchev–Trinajstić information content (AvgIpc) is 4.11. The minimum atomic E-state index is -1.92. The van der Waals surface area contributed by atoms with Gasteiger partial charge in [-0.2, -0.15) is 0 Å². The molecule has 0 saturated carbocycles. The Morgan fingerprint density at radius 2 is 1.62 bits per heavy atom. The molecule has 4 heterocycles. The topological polar surface area (TPSA) is 351 Å². The highest BCUT2D eigenvalue weighted by atomic mass is 35.5. The number of imide groups is 2. The third-order valence-corrected chi connectivity index (χ3v) is 13.6. The Hall–Kier alpha value is -7.46. The van der Waals surface area contributed by atoms with Crippen molar-refractivity contribution in [3.8, 4) is 5.75 Å². The van der Waals surface area contributed by atoms with Crippen LogP contribution in [0.15, 0.2) is 54.6 Å². The average molecular weight is 1120 g/mol. The van der Waals surface area contributed by atoms with Gasteiger partial charge in [0.1, 0.15) is 36.7 Å². The summed E-state index contributed by atoms with van der Waals surface area (Å²) in [4.78, 5) is 118. The number of piperidine rings is 1. The molecule has 426 valence electrons. The Morgan fingerprint density at radius 3 is 2.37 bits per heavy atom. The molecule has 4 aliphatic rings. The number of carboxylic acids is 1. The van der Waals surface area contributed by atoms with Gasteiger partial charge in [-0.05, 0) is 97.8 Å². The Balaban J connectivity index is 0.808. The number of halogens is 1. The predicted octanol–water partition coefficient (Wildman–Crippen LogP) is 1.69. The van der Waals surface area contributed by atoms with Crippen molar-refractivity contribution >= 4 is 76.6 Å². The van der Waals surface area contributed by atoms with Crippen LogP contribution in [0.1, 0.15) is 84.0 Å². The molecule has 3 fully saturated rings. The minimum absolute atomic E-state index is 0.0118. The van der Waals surface area contributed by atoms with E-state index in [1.807, 2.05) is 0 Å². The summed E-state index contributed by atoms with van der Waals surface area (Å²) in [6.07, 6.45) is -7.34. The third kappa shape index (κ3) is 16.1. The second-order valence-electron chi connectivity index (χ2n) is 19.1. The van der Waals surface area contributed by atoms with Gasteiger partial charge in [-0.1, -0.05) is 35.9 Å². The highest BCUT2D eigenvalue weighted by Gasteiger charge is 2.48. The van der Waals surface area contributed by atoms with Crippen LogP contribution in [0.5, 0.6) is 5.75 Å². The van der Waals surface area contributed by atoms with Crippen LogP contribution in [0.3, 0.4) is 0 Å². The second kappa shape index (κ2) is 27.9. The normalized spacial score (nSPS) is 20.8. The minimum Gasteiger partial charge on any atom is -0.479 e. The fraction of sp³-hybridized carbons (Fsp3) is 0.481. The predicted molar refractivity (Wildman–Crippen MR) is 276 cm³/mol. The Labute approximate surface area is 457 Å². The third-order valence-electron chi connectivity index (χ3n) is 13.2. The van der Waals surface area contributed by atoms with E-state index in [9.17, 15) is 63.6 Å². The van der Waals surface area contributed by atoms with Gasteiger partial charge in [0, 0.05) is 75.2 Å². The quantitative estimate of drug-likeness (QED) is 0.0408. The fourth-order valence-corrected chi connectivity index (χ4v) is 9.10. The number of urea groups is 1. The lowest BCUT2D eigenvalue weighted by Gasteiger charge is -2.38. The molecular formula is C52H63ClN8O18. The van der Waals surface area contributed by atoms with Gasteiger partial charge in [0.2, 0.25) is 18.1 Å². The first-order chi connectivity index (χ1) is 37.9. The first-order valence-corrected chi connectivity index (χ1v) is 26.0. The summed E-state index contributed by atoms with van der Waals surface area (Å²) in [5, 5.41) is 55.8. The molecule has 9 N–H and O–H groups in total. The number of carboxylic acid groups (broad SMARTS) is 1. The summed E-state index contributed by atoms with van der Waals surface area (Å²) in [6.45, 7) is 2.27. The van der Waals surface area contributed by atoms with Crippen LogP contribution in [0.2, 0.25) is 5.02 Å². The molecule has 3 aromatic rings. The number of hydrogen-bond acceptors (Lipinski definition) is 19. The van der Waals surface area contributed by atoms with E-state index in [2.05, 4.69) is 26.6 Å². The first-order valence-electron chi connectivity index (χ1n) is 25.7. The monoisotopic (exact) mass is 1120 g/mol. The van der Waals surface area contributed by atoms with Gasteiger partial charge in [-0.25, -0.2) is 19.2 Å². The van der Waals surface area contributed by atoms with Crippen LogP contribution < -0.4 is 31.3 Å². The highest BCUT2D eigenvalue weighted by molar-refractivity contribution is 6.31. The Bertz CT molecular complexity index is 2750. The molecule has 79 heavy (non-hydrogen) atoms. The molecule has 0 spiro atoms. The van der Waals surface area contributed by atoms with E-state index in [1.165, 1.54) is 22.9 Å². The molecule has 7 rings (SSSR count). The number of aliphatic hydroxyl groups is 3. The SMILES string of the molecule is CN(CCOCCc1ccc(NC(=O)NCc2ccc3c(c2)CN(C2CCC(=O)NC2=O)C3=O)cc1Cl)C(=O)OCc1ccc(O[C@@H]2O[C@H](C(=O)O)[C@@H](O)[C@H](O)[C@H]2O)c(NCCCNCCCCC(=O)ON2C(=O)CCC2=O)c1. The van der Waals surface area contributed by atoms with Crippen LogP contribution >= 0.6 is 11.6 Å². The van der Waals surface area contributed by atoms with Gasteiger partial charge in [-0.3, -0.25) is 29.3 Å². The van der Waals surface area contributed by atoms with Crippen molar-refractivity contribution in [2.45, 2.75) is 114 Å². The van der Waals surface area contributed by atoms with E-state index in [0.717, 1.165) is 16.7 Å². The number of anilines is 2. The molecule has 3 saturated heterocycles. The largest absolute Gasteiger partial charge is 0.479 e. The number of aliphatic hydroxyl groups excluding tert-OH is 3. The molecule has 0 radical (unpaired) electrons. The van der Waals surface area contributed by atoms with Crippen molar-refractivity contribution in [1.82, 2.24) is 30.8 Å². The van der Waals surface area contributed by atoms with Crippen molar-refractivity contribution in [3.05, 3.63) is 87.4 Å². The van der Waals surface area contributed by atoms with Crippen molar-refractivity contribution in [2.24, 2.45) is 0 Å². The highest BCUT2D eigenvalue weighted by Crippen LogP contribution is 2.32. The number of aliphatic carboxylic acids is 1. The number of fused-ring (bicyclic) bond motifs is 1. The number of nitrogens with one attached hydrogen (secondary N) is 5. The molecule has 1 unspecified atom stereocenters. The zero-order chi connectivity index (χ0) is 56.8. The van der Waals surface area contributed by atoms with Gasteiger partial charge < -0.3 is 75.3 Å². The molecule has 27 heteroatoms. The van der Waals surface area contributed by atoms with Gasteiger partial charge in [-0.15, -0.1) is 5.06 Å². The van der Waals surface area contributed by atoms with E-state index in [0.29, 0.717) is 77.9 Å². The number of ether oxygens (including phenoxy) is 4. The summed E-state index contributed by atoms with van der Waals surface area (Å²) < 4.78 is 22.5.